The Labute approximate surface area is 106 Å². The number of fused-ring (bicyclic) bond motifs is 1. The molecule has 1 atom stereocenters. The maximum atomic E-state index is 10.9. The Morgan fingerprint density at radius 3 is 3.06 bits per heavy atom. The smallest absolute Gasteiger partial charge is 0.230 e. The summed E-state index contributed by atoms with van der Waals surface area (Å²) >= 11 is 8.78. The molecule has 1 amide bonds. The highest BCUT2D eigenvalue weighted by Gasteiger charge is 2.13. The Bertz CT molecular complexity index is 541. The summed E-state index contributed by atoms with van der Waals surface area (Å²) in [5.41, 5.74) is 6.06. The molecule has 6 heteroatoms. The van der Waals surface area contributed by atoms with Crippen molar-refractivity contribution < 1.29 is 4.79 Å². The van der Waals surface area contributed by atoms with Crippen LogP contribution < -0.4 is 5.73 Å². The summed E-state index contributed by atoms with van der Waals surface area (Å²) < 4.78 is 1.90. The van der Waals surface area contributed by atoms with Crippen molar-refractivity contribution in [1.29, 1.82) is 0 Å². The summed E-state index contributed by atoms with van der Waals surface area (Å²) in [6.07, 6.45) is 0. The van der Waals surface area contributed by atoms with Gasteiger partial charge in [0.15, 0.2) is 4.34 Å². The minimum atomic E-state index is -0.331. The first-order valence-corrected chi connectivity index (χ1v) is 6.66. The van der Waals surface area contributed by atoms with Gasteiger partial charge in [-0.15, -0.1) is 11.3 Å². The predicted molar refractivity (Wildman–Crippen MR) is 69.1 cm³/mol. The van der Waals surface area contributed by atoms with Crippen molar-refractivity contribution in [2.24, 2.45) is 5.73 Å². The fourth-order valence-corrected chi connectivity index (χ4v) is 3.45. The highest BCUT2D eigenvalue weighted by molar-refractivity contribution is 8.02. The predicted octanol–water partition coefficient (Wildman–Crippen LogP) is 2.92. The van der Waals surface area contributed by atoms with Crippen LogP contribution in [0.25, 0.3) is 10.2 Å². The number of thioether (sulfide) groups is 1. The lowest BCUT2D eigenvalue weighted by atomic mass is 10.3. The molecule has 1 aromatic carbocycles. The molecule has 0 saturated carbocycles. The van der Waals surface area contributed by atoms with Crippen molar-refractivity contribution >= 4 is 50.8 Å². The average molecular weight is 273 g/mol. The van der Waals surface area contributed by atoms with E-state index in [1.807, 2.05) is 18.2 Å². The molecule has 0 fully saturated rings. The molecule has 2 aromatic rings. The average Bonchev–Trinajstić information content (AvgIpc) is 2.58. The van der Waals surface area contributed by atoms with Gasteiger partial charge in [0.1, 0.15) is 0 Å². The first-order valence-electron chi connectivity index (χ1n) is 4.58. The molecule has 0 radical (unpaired) electrons. The maximum absolute atomic E-state index is 10.9. The summed E-state index contributed by atoms with van der Waals surface area (Å²) in [4.78, 5) is 15.3. The molecule has 0 aliphatic carbocycles. The van der Waals surface area contributed by atoms with Gasteiger partial charge in [0.25, 0.3) is 0 Å². The Kier molecular flexibility index (Phi) is 3.37. The number of benzene rings is 1. The highest BCUT2D eigenvalue weighted by atomic mass is 35.5. The number of thiazole rings is 1. The van der Waals surface area contributed by atoms with Gasteiger partial charge in [-0.05, 0) is 25.1 Å². The minimum absolute atomic E-state index is 0.268. The van der Waals surface area contributed by atoms with Gasteiger partial charge in [-0.25, -0.2) is 4.98 Å². The van der Waals surface area contributed by atoms with Gasteiger partial charge in [-0.2, -0.15) is 0 Å². The monoisotopic (exact) mass is 272 g/mol. The summed E-state index contributed by atoms with van der Waals surface area (Å²) in [6.45, 7) is 1.77. The van der Waals surface area contributed by atoms with E-state index in [9.17, 15) is 4.79 Å². The van der Waals surface area contributed by atoms with E-state index in [4.69, 9.17) is 17.3 Å². The molecule has 0 saturated heterocycles. The van der Waals surface area contributed by atoms with E-state index in [0.717, 1.165) is 14.6 Å². The van der Waals surface area contributed by atoms with Crippen LogP contribution in [-0.2, 0) is 4.79 Å². The van der Waals surface area contributed by atoms with Crippen molar-refractivity contribution in [2.75, 3.05) is 0 Å². The third kappa shape index (κ3) is 2.48. The van der Waals surface area contributed by atoms with E-state index in [1.165, 1.54) is 23.1 Å². The molecule has 2 N–H and O–H groups in total. The number of amides is 1. The fraction of sp³-hybridized carbons (Fsp3) is 0.200. The molecule has 0 bridgehead atoms. The molecule has 0 aliphatic heterocycles. The van der Waals surface area contributed by atoms with E-state index in [0.29, 0.717) is 5.02 Å². The Hall–Kier alpha value is -0.780. The lowest BCUT2D eigenvalue weighted by Crippen LogP contribution is -2.22. The van der Waals surface area contributed by atoms with Crippen LogP contribution in [0, 0.1) is 0 Å². The standard InChI is InChI=1S/C10H9ClN2OS2/c1-5(9(12)14)15-10-13-7-4-6(11)2-3-8(7)16-10/h2-5H,1H3,(H2,12,14). The van der Waals surface area contributed by atoms with Gasteiger partial charge < -0.3 is 5.73 Å². The van der Waals surface area contributed by atoms with Crippen LogP contribution in [0.4, 0.5) is 0 Å². The van der Waals surface area contributed by atoms with Crippen LogP contribution in [0.3, 0.4) is 0 Å². The topological polar surface area (TPSA) is 56.0 Å². The molecule has 84 valence electrons. The van der Waals surface area contributed by atoms with Crippen molar-refractivity contribution in [3.05, 3.63) is 23.2 Å². The zero-order valence-electron chi connectivity index (χ0n) is 8.44. The Morgan fingerprint density at radius 2 is 2.38 bits per heavy atom. The van der Waals surface area contributed by atoms with Crippen molar-refractivity contribution in [3.63, 3.8) is 0 Å². The molecular weight excluding hydrogens is 264 g/mol. The second kappa shape index (κ2) is 4.61. The number of carbonyl (C=O) groups excluding carboxylic acids is 1. The fourth-order valence-electron chi connectivity index (χ4n) is 1.14. The number of hydrogen-bond donors (Lipinski definition) is 1. The van der Waals surface area contributed by atoms with Gasteiger partial charge in [-0.3, -0.25) is 4.79 Å². The summed E-state index contributed by atoms with van der Waals surface area (Å²) in [6, 6.07) is 5.56. The number of hydrogen-bond acceptors (Lipinski definition) is 4. The van der Waals surface area contributed by atoms with E-state index < -0.39 is 0 Å². The molecular formula is C10H9ClN2OS2. The maximum Gasteiger partial charge on any atom is 0.230 e. The van der Waals surface area contributed by atoms with Crippen LogP contribution in [0.1, 0.15) is 6.92 Å². The first-order chi connectivity index (χ1) is 7.56. The summed E-state index contributed by atoms with van der Waals surface area (Å²) in [5, 5.41) is 0.397. The highest BCUT2D eigenvalue weighted by Crippen LogP contribution is 2.32. The van der Waals surface area contributed by atoms with E-state index in [1.54, 1.807) is 6.92 Å². The summed E-state index contributed by atoms with van der Waals surface area (Å²) in [5.74, 6) is -0.331. The Balaban J connectivity index is 2.29. The molecule has 3 nitrogen and oxygen atoms in total. The second-order valence-corrected chi connectivity index (χ2v) is 6.31. The zero-order chi connectivity index (χ0) is 11.7. The van der Waals surface area contributed by atoms with Crippen LogP contribution >= 0.6 is 34.7 Å². The summed E-state index contributed by atoms with van der Waals surface area (Å²) in [7, 11) is 0. The van der Waals surface area contributed by atoms with E-state index in [2.05, 4.69) is 4.98 Å². The number of nitrogens with zero attached hydrogens (tertiary/aromatic N) is 1. The Morgan fingerprint density at radius 1 is 1.62 bits per heavy atom. The SMILES string of the molecule is CC(Sc1nc2cc(Cl)ccc2s1)C(N)=O. The molecule has 0 aliphatic rings. The molecule has 2 rings (SSSR count). The van der Waals surface area contributed by atoms with Gasteiger partial charge in [-0.1, -0.05) is 23.4 Å². The number of aromatic nitrogens is 1. The lowest BCUT2D eigenvalue weighted by Gasteiger charge is -2.01. The first kappa shape index (κ1) is 11.7. The van der Waals surface area contributed by atoms with E-state index in [-0.39, 0.29) is 11.2 Å². The molecule has 0 spiro atoms. The second-order valence-electron chi connectivity index (χ2n) is 3.25. The number of halogens is 1. The molecule has 1 aromatic heterocycles. The normalized spacial score (nSPS) is 12.9. The lowest BCUT2D eigenvalue weighted by molar-refractivity contribution is -0.117. The molecule has 16 heavy (non-hydrogen) atoms. The number of carbonyl (C=O) groups is 1. The quantitative estimate of drug-likeness (QED) is 0.874. The van der Waals surface area contributed by atoms with Gasteiger partial charge >= 0.3 is 0 Å². The van der Waals surface area contributed by atoms with Gasteiger partial charge in [0, 0.05) is 5.02 Å². The van der Waals surface area contributed by atoms with Crippen molar-refractivity contribution in [1.82, 2.24) is 4.98 Å². The third-order valence-corrected chi connectivity index (χ3v) is 4.49. The third-order valence-electron chi connectivity index (χ3n) is 2.01. The number of rotatable bonds is 3. The van der Waals surface area contributed by atoms with Crippen LogP contribution in [-0.4, -0.2) is 16.1 Å². The van der Waals surface area contributed by atoms with Gasteiger partial charge in [0.05, 0.1) is 15.5 Å². The van der Waals surface area contributed by atoms with Crippen molar-refractivity contribution in [3.8, 4) is 0 Å². The largest absolute Gasteiger partial charge is 0.369 e. The van der Waals surface area contributed by atoms with E-state index >= 15 is 0 Å². The number of primary amides is 1. The minimum Gasteiger partial charge on any atom is -0.369 e. The zero-order valence-corrected chi connectivity index (χ0v) is 10.8. The van der Waals surface area contributed by atoms with Gasteiger partial charge in [0.2, 0.25) is 5.91 Å². The van der Waals surface area contributed by atoms with Crippen LogP contribution in [0.2, 0.25) is 5.02 Å². The van der Waals surface area contributed by atoms with Crippen LogP contribution in [0.5, 0.6) is 0 Å². The molecule has 1 heterocycles. The molecule has 1 unspecified atom stereocenters. The number of nitrogens with two attached hydrogens (primary N) is 1. The van der Waals surface area contributed by atoms with Crippen LogP contribution in [0.15, 0.2) is 22.5 Å². The van der Waals surface area contributed by atoms with Crippen molar-refractivity contribution in [2.45, 2.75) is 16.5 Å².